The summed E-state index contributed by atoms with van der Waals surface area (Å²) < 4.78 is 5.29. The molecule has 0 bridgehead atoms. The van der Waals surface area contributed by atoms with E-state index in [1.54, 1.807) is 24.3 Å². The number of nitrogens with two attached hydrogens (primary N) is 1. The van der Waals surface area contributed by atoms with Crippen LogP contribution in [-0.2, 0) is 0 Å². The van der Waals surface area contributed by atoms with E-state index >= 15 is 0 Å². The van der Waals surface area contributed by atoms with Gasteiger partial charge in [0.15, 0.2) is 0 Å². The molecule has 2 aromatic rings. The first-order valence-corrected chi connectivity index (χ1v) is 5.04. The molecule has 0 atom stereocenters. The van der Waals surface area contributed by atoms with Crippen LogP contribution in [0.5, 0.6) is 5.88 Å². The van der Waals surface area contributed by atoms with Gasteiger partial charge >= 0.3 is 0 Å². The van der Waals surface area contributed by atoms with Gasteiger partial charge in [-0.25, -0.2) is 4.98 Å². The van der Waals surface area contributed by atoms with E-state index < -0.39 is 5.91 Å². The molecule has 1 heterocycles. The Bertz CT molecular complexity index is 538. The quantitative estimate of drug-likeness (QED) is 0.849. The van der Waals surface area contributed by atoms with Crippen molar-refractivity contribution in [3.05, 3.63) is 35.9 Å². The van der Waals surface area contributed by atoms with E-state index in [1.807, 2.05) is 13.0 Å². The van der Waals surface area contributed by atoms with Gasteiger partial charge in [-0.1, -0.05) is 0 Å². The summed E-state index contributed by atoms with van der Waals surface area (Å²) in [6.45, 7) is 2.49. The minimum atomic E-state index is -0.434. The fourth-order valence-electron chi connectivity index (χ4n) is 1.49. The van der Waals surface area contributed by atoms with Crippen LogP contribution in [0.4, 0.5) is 0 Å². The number of pyridine rings is 1. The second kappa shape index (κ2) is 4.18. The van der Waals surface area contributed by atoms with E-state index in [0.29, 0.717) is 18.1 Å². The van der Waals surface area contributed by atoms with Gasteiger partial charge in [-0.3, -0.25) is 4.79 Å². The van der Waals surface area contributed by atoms with Gasteiger partial charge in [-0.15, -0.1) is 0 Å². The van der Waals surface area contributed by atoms with E-state index in [0.717, 1.165) is 10.9 Å². The molecule has 0 fully saturated rings. The van der Waals surface area contributed by atoms with Gasteiger partial charge in [0, 0.05) is 17.0 Å². The monoisotopic (exact) mass is 216 g/mol. The van der Waals surface area contributed by atoms with Crippen LogP contribution in [0.1, 0.15) is 17.3 Å². The summed E-state index contributed by atoms with van der Waals surface area (Å²) in [6.07, 6.45) is 0. The van der Waals surface area contributed by atoms with Crippen LogP contribution in [0.2, 0.25) is 0 Å². The highest BCUT2D eigenvalue weighted by Gasteiger charge is 2.03. The zero-order valence-electron chi connectivity index (χ0n) is 8.93. The maximum Gasteiger partial charge on any atom is 0.248 e. The minimum Gasteiger partial charge on any atom is -0.478 e. The molecule has 0 unspecified atom stereocenters. The van der Waals surface area contributed by atoms with E-state index in [1.165, 1.54) is 0 Å². The van der Waals surface area contributed by atoms with Crippen molar-refractivity contribution in [1.29, 1.82) is 0 Å². The number of amides is 1. The molecule has 16 heavy (non-hydrogen) atoms. The number of rotatable bonds is 3. The first kappa shape index (κ1) is 10.4. The number of hydrogen-bond acceptors (Lipinski definition) is 3. The van der Waals surface area contributed by atoms with Crippen molar-refractivity contribution in [2.75, 3.05) is 6.61 Å². The SMILES string of the molecule is CCOc1ccc2cc(C(N)=O)ccc2n1. The molecule has 4 heteroatoms. The maximum absolute atomic E-state index is 11.0. The Morgan fingerprint density at radius 2 is 2.19 bits per heavy atom. The summed E-state index contributed by atoms with van der Waals surface area (Å²) in [7, 11) is 0. The molecule has 0 saturated carbocycles. The summed E-state index contributed by atoms with van der Waals surface area (Å²) in [6, 6.07) is 8.78. The number of primary amides is 1. The van der Waals surface area contributed by atoms with E-state index in [4.69, 9.17) is 10.5 Å². The summed E-state index contributed by atoms with van der Waals surface area (Å²) in [4.78, 5) is 15.3. The Labute approximate surface area is 93.0 Å². The lowest BCUT2D eigenvalue weighted by Gasteiger charge is -2.04. The summed E-state index contributed by atoms with van der Waals surface area (Å²) >= 11 is 0. The van der Waals surface area contributed by atoms with Gasteiger partial charge in [0.05, 0.1) is 12.1 Å². The molecule has 1 amide bonds. The van der Waals surface area contributed by atoms with Crippen LogP contribution < -0.4 is 10.5 Å². The molecular weight excluding hydrogens is 204 g/mol. The first-order chi connectivity index (χ1) is 7.70. The lowest BCUT2D eigenvalue weighted by atomic mass is 10.1. The number of fused-ring (bicyclic) bond motifs is 1. The standard InChI is InChI=1S/C12H12N2O2/c1-2-16-11-6-4-8-7-9(12(13)15)3-5-10(8)14-11/h3-7H,2H2,1H3,(H2,13,15). The van der Waals surface area contributed by atoms with Crippen LogP contribution in [0.25, 0.3) is 10.9 Å². The predicted molar refractivity (Wildman–Crippen MR) is 61.4 cm³/mol. The highest BCUT2D eigenvalue weighted by atomic mass is 16.5. The number of benzene rings is 1. The molecule has 0 radical (unpaired) electrons. The molecule has 0 aliphatic rings. The lowest BCUT2D eigenvalue weighted by molar-refractivity contribution is 0.100. The predicted octanol–water partition coefficient (Wildman–Crippen LogP) is 1.73. The number of hydrogen-bond donors (Lipinski definition) is 1. The van der Waals surface area contributed by atoms with Crippen LogP contribution in [0.3, 0.4) is 0 Å². The Kier molecular flexibility index (Phi) is 2.72. The molecule has 82 valence electrons. The van der Waals surface area contributed by atoms with Crippen molar-refractivity contribution in [2.45, 2.75) is 6.92 Å². The van der Waals surface area contributed by atoms with Crippen molar-refractivity contribution in [3.8, 4) is 5.88 Å². The van der Waals surface area contributed by atoms with Gasteiger partial charge in [-0.05, 0) is 31.2 Å². The first-order valence-electron chi connectivity index (χ1n) is 5.04. The van der Waals surface area contributed by atoms with E-state index in [-0.39, 0.29) is 0 Å². The molecule has 0 aliphatic heterocycles. The largest absolute Gasteiger partial charge is 0.478 e. The Morgan fingerprint density at radius 3 is 2.88 bits per heavy atom. The third-order valence-corrected chi connectivity index (χ3v) is 2.24. The minimum absolute atomic E-state index is 0.434. The van der Waals surface area contributed by atoms with Crippen LogP contribution >= 0.6 is 0 Å². The van der Waals surface area contributed by atoms with Gasteiger partial charge in [0.2, 0.25) is 11.8 Å². The van der Waals surface area contributed by atoms with E-state index in [9.17, 15) is 4.79 Å². The third kappa shape index (κ3) is 1.95. The molecule has 2 N–H and O–H groups in total. The van der Waals surface area contributed by atoms with Gasteiger partial charge < -0.3 is 10.5 Å². The molecular formula is C12H12N2O2. The molecule has 1 aromatic carbocycles. The highest BCUT2D eigenvalue weighted by Crippen LogP contribution is 2.17. The molecule has 0 aliphatic carbocycles. The zero-order chi connectivity index (χ0) is 11.5. The third-order valence-electron chi connectivity index (χ3n) is 2.24. The summed E-state index contributed by atoms with van der Waals surface area (Å²) in [5.41, 5.74) is 6.47. The van der Waals surface area contributed by atoms with Gasteiger partial charge in [0.1, 0.15) is 0 Å². The fourth-order valence-corrected chi connectivity index (χ4v) is 1.49. The van der Waals surface area contributed by atoms with Crippen LogP contribution in [0.15, 0.2) is 30.3 Å². The van der Waals surface area contributed by atoms with E-state index in [2.05, 4.69) is 4.98 Å². The second-order valence-electron chi connectivity index (χ2n) is 3.35. The number of carbonyl (C=O) groups excluding carboxylic acids is 1. The topological polar surface area (TPSA) is 65.2 Å². The number of carbonyl (C=O) groups is 1. The van der Waals surface area contributed by atoms with Crippen molar-refractivity contribution in [1.82, 2.24) is 4.98 Å². The molecule has 0 spiro atoms. The average molecular weight is 216 g/mol. The van der Waals surface area contributed by atoms with Crippen molar-refractivity contribution in [3.63, 3.8) is 0 Å². The summed E-state index contributed by atoms with van der Waals surface area (Å²) in [5, 5.41) is 0.875. The molecule has 0 saturated heterocycles. The normalized spacial score (nSPS) is 10.3. The zero-order valence-corrected chi connectivity index (χ0v) is 8.93. The van der Waals surface area contributed by atoms with Crippen LogP contribution in [-0.4, -0.2) is 17.5 Å². The average Bonchev–Trinajstić information content (AvgIpc) is 2.28. The van der Waals surface area contributed by atoms with Crippen molar-refractivity contribution >= 4 is 16.8 Å². The van der Waals surface area contributed by atoms with Gasteiger partial charge in [-0.2, -0.15) is 0 Å². The van der Waals surface area contributed by atoms with Crippen molar-refractivity contribution in [2.24, 2.45) is 5.73 Å². The Morgan fingerprint density at radius 1 is 1.38 bits per heavy atom. The smallest absolute Gasteiger partial charge is 0.248 e. The molecule has 4 nitrogen and oxygen atoms in total. The maximum atomic E-state index is 11.0. The Balaban J connectivity index is 2.48. The summed E-state index contributed by atoms with van der Waals surface area (Å²) in [5.74, 6) is 0.151. The Hall–Kier alpha value is -2.10. The van der Waals surface area contributed by atoms with Crippen LogP contribution in [0, 0.1) is 0 Å². The lowest BCUT2D eigenvalue weighted by Crippen LogP contribution is -2.10. The second-order valence-corrected chi connectivity index (χ2v) is 3.35. The highest BCUT2D eigenvalue weighted by molar-refractivity contribution is 5.96. The molecule has 2 rings (SSSR count). The number of nitrogens with zero attached hydrogens (tertiary/aromatic N) is 1. The van der Waals surface area contributed by atoms with Crippen molar-refractivity contribution < 1.29 is 9.53 Å². The number of ether oxygens (including phenoxy) is 1. The van der Waals surface area contributed by atoms with Gasteiger partial charge in [0.25, 0.3) is 0 Å². The fraction of sp³-hybridized carbons (Fsp3) is 0.167. The number of aromatic nitrogens is 1. The molecule has 1 aromatic heterocycles.